The van der Waals surface area contributed by atoms with E-state index in [1.807, 2.05) is 0 Å². The molecule has 0 atom stereocenters. The summed E-state index contributed by atoms with van der Waals surface area (Å²) in [5, 5.41) is 13.1. The Hall–Kier alpha value is -2.16. The van der Waals surface area contributed by atoms with Gasteiger partial charge in [0.15, 0.2) is 0 Å². The van der Waals surface area contributed by atoms with Crippen LogP contribution in [-0.4, -0.2) is 19.3 Å². The van der Waals surface area contributed by atoms with E-state index in [1.165, 1.54) is 18.2 Å². The van der Waals surface area contributed by atoms with Crippen molar-refractivity contribution < 1.29 is 13.3 Å². The minimum absolute atomic E-state index is 0.153. The van der Waals surface area contributed by atoms with E-state index in [1.54, 1.807) is 0 Å². The first-order valence-corrected chi connectivity index (χ1v) is 5.51. The predicted octanol–water partition coefficient (Wildman–Crippen LogP) is 0.0237. The SMILES string of the molecule is NC1=NS(=O)(=O)c2cccc([N+](=O)[O-])c2N1. The molecule has 8 nitrogen and oxygen atoms in total. The van der Waals surface area contributed by atoms with Gasteiger partial charge in [0.05, 0.1) is 4.92 Å². The third kappa shape index (κ3) is 1.46. The van der Waals surface area contributed by atoms with Crippen molar-refractivity contribution in [3.63, 3.8) is 0 Å². The molecule has 1 aromatic carbocycles. The van der Waals surface area contributed by atoms with Crippen LogP contribution in [0.3, 0.4) is 0 Å². The van der Waals surface area contributed by atoms with Gasteiger partial charge in [-0.1, -0.05) is 6.07 Å². The molecular weight excluding hydrogens is 236 g/mol. The van der Waals surface area contributed by atoms with Crippen LogP contribution in [0.25, 0.3) is 0 Å². The molecule has 1 heterocycles. The molecule has 0 fully saturated rings. The number of nitrogens with two attached hydrogens (primary N) is 1. The number of hydrogen-bond acceptors (Lipinski definition) is 6. The minimum Gasteiger partial charge on any atom is -0.369 e. The number of benzene rings is 1. The van der Waals surface area contributed by atoms with Gasteiger partial charge in [0.2, 0.25) is 5.96 Å². The molecule has 1 aliphatic rings. The summed E-state index contributed by atoms with van der Waals surface area (Å²) in [6, 6.07) is 3.67. The van der Waals surface area contributed by atoms with E-state index in [0.717, 1.165) is 0 Å². The third-order valence-electron chi connectivity index (χ3n) is 1.95. The number of para-hydroxylation sites is 1. The third-order valence-corrected chi connectivity index (χ3v) is 3.28. The zero-order valence-corrected chi connectivity index (χ0v) is 8.56. The smallest absolute Gasteiger partial charge is 0.294 e. The standard InChI is InChI=1S/C7H6N4O4S/c8-7-9-6-4(11(12)13)2-1-3-5(6)16(14,15)10-7/h1-3H,(H3,8,9,10). The second-order valence-electron chi connectivity index (χ2n) is 2.98. The van der Waals surface area contributed by atoms with Crippen LogP contribution >= 0.6 is 0 Å². The summed E-state index contributed by atoms with van der Waals surface area (Å²) in [7, 11) is -3.95. The fraction of sp³-hybridized carbons (Fsp3) is 0. The summed E-state index contributed by atoms with van der Waals surface area (Å²) in [6.07, 6.45) is 0. The number of guanidine groups is 1. The Balaban J connectivity index is 2.78. The molecule has 84 valence electrons. The van der Waals surface area contributed by atoms with E-state index in [4.69, 9.17) is 5.73 Å². The number of sulfonamides is 1. The lowest BCUT2D eigenvalue weighted by Gasteiger charge is -2.14. The van der Waals surface area contributed by atoms with E-state index in [0.29, 0.717) is 0 Å². The van der Waals surface area contributed by atoms with Crippen LogP contribution in [0.1, 0.15) is 0 Å². The summed E-state index contributed by atoms with van der Waals surface area (Å²) in [6.45, 7) is 0. The van der Waals surface area contributed by atoms with Gasteiger partial charge in [0.1, 0.15) is 10.6 Å². The second-order valence-corrected chi connectivity index (χ2v) is 4.56. The normalized spacial score (nSPS) is 16.9. The first-order chi connectivity index (χ1) is 7.42. The van der Waals surface area contributed by atoms with Gasteiger partial charge < -0.3 is 11.1 Å². The molecule has 0 aromatic heterocycles. The lowest BCUT2D eigenvalue weighted by atomic mass is 10.2. The molecular formula is C7H6N4O4S. The van der Waals surface area contributed by atoms with Gasteiger partial charge in [-0.05, 0) is 6.07 Å². The largest absolute Gasteiger partial charge is 0.369 e. The highest BCUT2D eigenvalue weighted by Crippen LogP contribution is 2.34. The van der Waals surface area contributed by atoms with Gasteiger partial charge in [-0.25, -0.2) is 0 Å². The number of nitro benzene ring substituents is 1. The number of anilines is 1. The molecule has 1 aliphatic heterocycles. The number of rotatable bonds is 1. The number of hydrogen-bond donors (Lipinski definition) is 2. The van der Waals surface area contributed by atoms with Crippen molar-refractivity contribution in [2.75, 3.05) is 5.32 Å². The Morgan fingerprint density at radius 3 is 2.75 bits per heavy atom. The maximum atomic E-state index is 11.5. The average molecular weight is 242 g/mol. The summed E-state index contributed by atoms with van der Waals surface area (Å²) in [4.78, 5) is 9.73. The Bertz CT molecular complexity index is 607. The van der Waals surface area contributed by atoms with Crippen LogP contribution in [-0.2, 0) is 10.0 Å². The molecule has 0 saturated carbocycles. The lowest BCUT2D eigenvalue weighted by molar-refractivity contribution is -0.384. The maximum absolute atomic E-state index is 11.5. The van der Waals surface area contributed by atoms with Gasteiger partial charge >= 0.3 is 0 Å². The van der Waals surface area contributed by atoms with E-state index >= 15 is 0 Å². The Morgan fingerprint density at radius 1 is 1.44 bits per heavy atom. The highest BCUT2D eigenvalue weighted by atomic mass is 32.2. The molecule has 2 rings (SSSR count). The van der Waals surface area contributed by atoms with Crippen molar-refractivity contribution in [2.24, 2.45) is 10.1 Å². The summed E-state index contributed by atoms with van der Waals surface area (Å²) < 4.78 is 26.2. The summed E-state index contributed by atoms with van der Waals surface area (Å²) in [5.41, 5.74) is 4.72. The van der Waals surface area contributed by atoms with Crippen LogP contribution in [0.5, 0.6) is 0 Å². The van der Waals surface area contributed by atoms with Crippen LogP contribution in [0.4, 0.5) is 11.4 Å². The van der Waals surface area contributed by atoms with Crippen molar-refractivity contribution in [1.82, 2.24) is 0 Å². The Morgan fingerprint density at radius 2 is 2.12 bits per heavy atom. The minimum atomic E-state index is -3.95. The highest BCUT2D eigenvalue weighted by Gasteiger charge is 2.29. The summed E-state index contributed by atoms with van der Waals surface area (Å²) in [5.74, 6) is -0.387. The van der Waals surface area contributed by atoms with E-state index in [-0.39, 0.29) is 22.2 Å². The lowest BCUT2D eigenvalue weighted by Crippen LogP contribution is -2.29. The van der Waals surface area contributed by atoms with Gasteiger partial charge in [-0.2, -0.15) is 8.42 Å². The topological polar surface area (TPSA) is 128 Å². The van der Waals surface area contributed by atoms with Gasteiger partial charge in [-0.3, -0.25) is 10.1 Å². The van der Waals surface area contributed by atoms with Crippen LogP contribution in [0.2, 0.25) is 0 Å². The van der Waals surface area contributed by atoms with Crippen LogP contribution in [0.15, 0.2) is 27.5 Å². The van der Waals surface area contributed by atoms with Crippen molar-refractivity contribution >= 4 is 27.4 Å². The van der Waals surface area contributed by atoms with E-state index < -0.39 is 14.9 Å². The Labute approximate surface area is 90.0 Å². The van der Waals surface area contributed by atoms with Crippen LogP contribution in [0, 0.1) is 10.1 Å². The van der Waals surface area contributed by atoms with E-state index in [9.17, 15) is 18.5 Å². The predicted molar refractivity (Wildman–Crippen MR) is 55.5 cm³/mol. The van der Waals surface area contributed by atoms with E-state index in [2.05, 4.69) is 9.71 Å². The fourth-order valence-electron chi connectivity index (χ4n) is 1.34. The molecule has 0 amide bonds. The molecule has 0 radical (unpaired) electrons. The van der Waals surface area contributed by atoms with Crippen LogP contribution < -0.4 is 11.1 Å². The van der Waals surface area contributed by atoms with Crippen molar-refractivity contribution in [3.8, 4) is 0 Å². The number of nitrogens with one attached hydrogen (secondary N) is 1. The monoisotopic (exact) mass is 242 g/mol. The molecule has 9 heteroatoms. The molecule has 0 aliphatic carbocycles. The van der Waals surface area contributed by atoms with Gasteiger partial charge in [0, 0.05) is 6.07 Å². The first-order valence-electron chi connectivity index (χ1n) is 4.07. The Kier molecular flexibility index (Phi) is 2.05. The van der Waals surface area contributed by atoms with Gasteiger partial charge in [-0.15, -0.1) is 4.40 Å². The average Bonchev–Trinajstić information content (AvgIpc) is 2.15. The molecule has 3 N–H and O–H groups in total. The second kappa shape index (κ2) is 3.17. The molecule has 0 spiro atoms. The molecule has 16 heavy (non-hydrogen) atoms. The number of nitro groups is 1. The first kappa shape index (κ1) is 10.4. The maximum Gasteiger partial charge on any atom is 0.294 e. The zero-order valence-electron chi connectivity index (χ0n) is 7.75. The zero-order chi connectivity index (χ0) is 11.9. The highest BCUT2D eigenvalue weighted by molar-refractivity contribution is 7.90. The molecule has 0 saturated heterocycles. The quantitative estimate of drug-likeness (QED) is 0.528. The number of nitrogens with zero attached hydrogens (tertiary/aromatic N) is 2. The van der Waals surface area contributed by atoms with Crippen molar-refractivity contribution in [3.05, 3.63) is 28.3 Å². The fourth-order valence-corrected chi connectivity index (χ4v) is 2.41. The van der Waals surface area contributed by atoms with Crippen molar-refractivity contribution in [2.45, 2.75) is 4.90 Å². The molecule has 0 bridgehead atoms. The molecule has 0 unspecified atom stereocenters. The van der Waals surface area contributed by atoms with Gasteiger partial charge in [0.25, 0.3) is 15.7 Å². The number of fused-ring (bicyclic) bond motifs is 1. The van der Waals surface area contributed by atoms with Crippen molar-refractivity contribution in [1.29, 1.82) is 0 Å². The summed E-state index contributed by atoms with van der Waals surface area (Å²) >= 11 is 0. The molecule has 1 aromatic rings.